The van der Waals surface area contributed by atoms with Gasteiger partial charge in [-0.1, -0.05) is 12.1 Å². The standard InChI is InChI=1S/C25H26FN5O2S/c1-16-5-7-18(34(2,32)33)14-20(16)23-22(29-25-24(27)28-9-12-31(23)25)19-8-6-17(13-21(19)26)15-30-10-3-4-11-30/h5-9,12-14H,3-4,10-11,15H2,1-2H3,(H2,27,28). The van der Waals surface area contributed by atoms with E-state index in [9.17, 15) is 8.42 Å². The molecular formula is C25H26FN5O2S. The van der Waals surface area contributed by atoms with E-state index in [0.717, 1.165) is 30.5 Å². The summed E-state index contributed by atoms with van der Waals surface area (Å²) in [6, 6.07) is 10.1. The number of hydrogen-bond donors (Lipinski definition) is 1. The van der Waals surface area contributed by atoms with E-state index in [1.807, 2.05) is 13.0 Å². The van der Waals surface area contributed by atoms with E-state index in [1.54, 1.807) is 47.1 Å². The molecule has 0 spiro atoms. The molecule has 1 saturated heterocycles. The maximum Gasteiger partial charge on any atom is 0.180 e. The highest BCUT2D eigenvalue weighted by molar-refractivity contribution is 7.90. The van der Waals surface area contributed by atoms with Crippen molar-refractivity contribution in [2.45, 2.75) is 31.2 Å². The Kier molecular flexibility index (Phi) is 5.61. The van der Waals surface area contributed by atoms with E-state index in [-0.39, 0.29) is 16.5 Å². The number of aryl methyl sites for hydroxylation is 1. The van der Waals surface area contributed by atoms with Crippen molar-refractivity contribution in [2.24, 2.45) is 0 Å². The smallest absolute Gasteiger partial charge is 0.180 e. The Hall–Kier alpha value is -3.30. The maximum atomic E-state index is 15.5. The fraction of sp³-hybridized carbons (Fsp3) is 0.280. The fourth-order valence-corrected chi connectivity index (χ4v) is 5.22. The Morgan fingerprint density at radius 1 is 1.09 bits per heavy atom. The second kappa shape index (κ2) is 8.48. The summed E-state index contributed by atoms with van der Waals surface area (Å²) in [5, 5.41) is 0. The first-order valence-corrected chi connectivity index (χ1v) is 13.1. The first-order valence-electron chi connectivity index (χ1n) is 11.2. The van der Waals surface area contributed by atoms with Crippen LogP contribution in [0.5, 0.6) is 0 Å². The van der Waals surface area contributed by atoms with Crippen molar-refractivity contribution in [2.75, 3.05) is 25.1 Å². The third kappa shape index (κ3) is 4.05. The fourth-order valence-electron chi connectivity index (χ4n) is 4.58. The summed E-state index contributed by atoms with van der Waals surface area (Å²) in [4.78, 5) is 11.3. The summed E-state index contributed by atoms with van der Waals surface area (Å²) < 4.78 is 41.7. The highest BCUT2D eigenvalue weighted by Gasteiger charge is 2.23. The molecule has 0 radical (unpaired) electrons. The number of aromatic nitrogens is 3. The van der Waals surface area contributed by atoms with Crippen LogP contribution in [0.25, 0.3) is 28.2 Å². The number of nitrogens with two attached hydrogens (primary N) is 1. The van der Waals surface area contributed by atoms with Crippen molar-refractivity contribution in [3.05, 3.63) is 65.7 Å². The van der Waals surface area contributed by atoms with Gasteiger partial charge in [0.1, 0.15) is 11.5 Å². The Balaban J connectivity index is 1.71. The summed E-state index contributed by atoms with van der Waals surface area (Å²) in [7, 11) is -3.44. The predicted octanol–water partition coefficient (Wildman–Crippen LogP) is 4.09. The van der Waals surface area contributed by atoms with Crippen molar-refractivity contribution in [3.8, 4) is 22.5 Å². The molecule has 3 heterocycles. The first kappa shape index (κ1) is 22.5. The van der Waals surface area contributed by atoms with Gasteiger partial charge >= 0.3 is 0 Å². The minimum atomic E-state index is -3.44. The second-order valence-electron chi connectivity index (χ2n) is 8.86. The molecule has 0 saturated carbocycles. The van der Waals surface area contributed by atoms with Gasteiger partial charge in [0.15, 0.2) is 21.3 Å². The second-order valence-corrected chi connectivity index (χ2v) is 10.9. The molecule has 2 N–H and O–H groups in total. The Labute approximate surface area is 198 Å². The van der Waals surface area contributed by atoms with E-state index >= 15 is 4.39 Å². The lowest BCUT2D eigenvalue weighted by Crippen LogP contribution is -2.18. The van der Waals surface area contributed by atoms with Gasteiger partial charge in [0.25, 0.3) is 0 Å². The van der Waals surface area contributed by atoms with Gasteiger partial charge < -0.3 is 5.73 Å². The summed E-state index contributed by atoms with van der Waals surface area (Å²) in [5.74, 6) is -0.178. The highest BCUT2D eigenvalue weighted by atomic mass is 32.2. The van der Waals surface area contributed by atoms with Crippen molar-refractivity contribution >= 4 is 21.3 Å². The average molecular weight is 480 g/mol. The minimum absolute atomic E-state index is 0.178. The molecular weight excluding hydrogens is 453 g/mol. The number of nitrogen functional groups attached to an aromatic ring is 1. The lowest BCUT2D eigenvalue weighted by atomic mass is 9.99. The first-order chi connectivity index (χ1) is 16.2. The van der Waals surface area contributed by atoms with Crippen LogP contribution in [0.1, 0.15) is 24.0 Å². The SMILES string of the molecule is Cc1ccc(S(C)(=O)=O)cc1-c1c(-c2ccc(CN3CCCC3)cc2F)nc2c(N)nccn12. The largest absolute Gasteiger partial charge is 0.381 e. The molecule has 1 aliphatic rings. The van der Waals surface area contributed by atoms with Crippen LogP contribution in [-0.2, 0) is 16.4 Å². The molecule has 1 fully saturated rings. The summed E-state index contributed by atoms with van der Waals surface area (Å²) >= 11 is 0. The minimum Gasteiger partial charge on any atom is -0.381 e. The molecule has 0 amide bonds. The topological polar surface area (TPSA) is 93.6 Å². The third-order valence-corrected chi connectivity index (χ3v) is 7.47. The highest BCUT2D eigenvalue weighted by Crippen LogP contribution is 2.37. The lowest BCUT2D eigenvalue weighted by Gasteiger charge is -2.15. The van der Waals surface area contributed by atoms with Crippen LogP contribution >= 0.6 is 0 Å². The Morgan fingerprint density at radius 3 is 2.56 bits per heavy atom. The van der Waals surface area contributed by atoms with E-state index < -0.39 is 9.84 Å². The van der Waals surface area contributed by atoms with Gasteiger partial charge in [0.05, 0.1) is 10.6 Å². The van der Waals surface area contributed by atoms with E-state index in [1.165, 1.54) is 12.8 Å². The molecule has 0 atom stereocenters. The van der Waals surface area contributed by atoms with Crippen LogP contribution in [-0.4, -0.2) is 47.0 Å². The van der Waals surface area contributed by atoms with Gasteiger partial charge in [-0.2, -0.15) is 0 Å². The van der Waals surface area contributed by atoms with E-state index in [4.69, 9.17) is 5.73 Å². The van der Waals surface area contributed by atoms with Crippen LogP contribution in [0.4, 0.5) is 10.2 Å². The number of rotatable bonds is 5. The Bertz CT molecular complexity index is 1510. The van der Waals surface area contributed by atoms with Crippen LogP contribution in [0.15, 0.2) is 53.7 Å². The third-order valence-electron chi connectivity index (χ3n) is 6.36. The monoisotopic (exact) mass is 479 g/mol. The number of nitrogens with zero attached hydrogens (tertiary/aromatic N) is 4. The number of halogens is 1. The quantitative estimate of drug-likeness (QED) is 0.463. The van der Waals surface area contributed by atoms with Crippen LogP contribution in [0.3, 0.4) is 0 Å². The van der Waals surface area contributed by atoms with Gasteiger partial charge in [-0.3, -0.25) is 9.30 Å². The zero-order valence-corrected chi connectivity index (χ0v) is 19.9. The molecule has 7 nitrogen and oxygen atoms in total. The van der Waals surface area contributed by atoms with Crippen molar-refractivity contribution in [1.82, 2.24) is 19.3 Å². The van der Waals surface area contributed by atoms with Gasteiger partial charge in [-0.15, -0.1) is 0 Å². The molecule has 5 rings (SSSR count). The lowest BCUT2D eigenvalue weighted by molar-refractivity contribution is 0.331. The number of benzene rings is 2. The predicted molar refractivity (Wildman–Crippen MR) is 131 cm³/mol. The summed E-state index contributed by atoms with van der Waals surface area (Å²) in [6.45, 7) is 4.65. The van der Waals surface area contributed by atoms with Gasteiger partial charge in [-0.05, 0) is 68.2 Å². The van der Waals surface area contributed by atoms with Crippen LogP contribution in [0, 0.1) is 12.7 Å². The molecule has 4 aromatic rings. The molecule has 34 heavy (non-hydrogen) atoms. The van der Waals surface area contributed by atoms with Gasteiger partial charge in [0, 0.05) is 36.3 Å². The zero-order chi connectivity index (χ0) is 24.0. The molecule has 9 heteroatoms. The molecule has 2 aromatic carbocycles. The Morgan fingerprint density at radius 2 is 1.85 bits per heavy atom. The van der Waals surface area contributed by atoms with Gasteiger partial charge in [0.2, 0.25) is 0 Å². The van der Waals surface area contributed by atoms with Crippen molar-refractivity contribution in [3.63, 3.8) is 0 Å². The number of sulfone groups is 1. The summed E-state index contributed by atoms with van der Waals surface area (Å²) in [5.41, 5.74) is 10.1. The van der Waals surface area contributed by atoms with Crippen LogP contribution in [0.2, 0.25) is 0 Å². The zero-order valence-electron chi connectivity index (χ0n) is 19.1. The normalized spacial score (nSPS) is 14.8. The number of anilines is 1. The van der Waals surface area contributed by atoms with Crippen molar-refractivity contribution in [1.29, 1.82) is 0 Å². The molecule has 1 aliphatic heterocycles. The average Bonchev–Trinajstić information content (AvgIpc) is 3.42. The molecule has 2 aromatic heterocycles. The van der Waals surface area contributed by atoms with Crippen LogP contribution < -0.4 is 5.73 Å². The number of imidazole rings is 1. The number of fused-ring (bicyclic) bond motifs is 1. The maximum absolute atomic E-state index is 15.5. The van der Waals surface area contributed by atoms with E-state index in [0.29, 0.717) is 34.7 Å². The van der Waals surface area contributed by atoms with E-state index in [2.05, 4.69) is 14.9 Å². The molecule has 0 aliphatic carbocycles. The number of likely N-dealkylation sites (tertiary alicyclic amines) is 1. The van der Waals surface area contributed by atoms with Gasteiger partial charge in [-0.25, -0.2) is 22.8 Å². The van der Waals surface area contributed by atoms with Crippen molar-refractivity contribution < 1.29 is 12.8 Å². The summed E-state index contributed by atoms with van der Waals surface area (Å²) in [6.07, 6.45) is 6.75. The molecule has 0 unspecified atom stereocenters. The number of hydrogen-bond acceptors (Lipinski definition) is 6. The molecule has 0 bridgehead atoms. The molecule has 176 valence electrons.